The monoisotopic (exact) mass is 428 g/mol. The van der Waals surface area contributed by atoms with Crippen LogP contribution < -0.4 is 15.4 Å². The summed E-state index contributed by atoms with van der Waals surface area (Å²) in [5.41, 5.74) is -0.243. The maximum absolute atomic E-state index is 12.6. The fraction of sp³-hybridized carbons (Fsp3) is 0.556. The van der Waals surface area contributed by atoms with E-state index in [2.05, 4.69) is 15.4 Å². The number of hydrogen-bond donors (Lipinski definition) is 3. The van der Waals surface area contributed by atoms with Crippen LogP contribution in [0.2, 0.25) is 0 Å². The molecule has 0 fully saturated rings. The van der Waals surface area contributed by atoms with Gasteiger partial charge in [0, 0.05) is 18.7 Å². The van der Waals surface area contributed by atoms with Crippen molar-refractivity contribution in [2.45, 2.75) is 45.1 Å². The van der Waals surface area contributed by atoms with Gasteiger partial charge in [-0.2, -0.15) is 4.72 Å². The molecule has 0 bridgehead atoms. The highest BCUT2D eigenvalue weighted by atomic mass is 32.2. The third-order valence-electron chi connectivity index (χ3n) is 4.27. The van der Waals surface area contributed by atoms with Gasteiger partial charge in [-0.1, -0.05) is 34.1 Å². The zero-order valence-corrected chi connectivity index (χ0v) is 17.8. The molecule has 2 unspecified atom stereocenters. The van der Waals surface area contributed by atoms with Gasteiger partial charge in [0.1, 0.15) is 6.04 Å². The number of nitro benzene ring substituents is 1. The average Bonchev–Trinajstić information content (AvgIpc) is 2.68. The summed E-state index contributed by atoms with van der Waals surface area (Å²) >= 11 is 0. The molecule has 0 spiro atoms. The molecule has 1 aromatic rings. The van der Waals surface area contributed by atoms with E-state index in [1.165, 1.54) is 0 Å². The normalized spacial score (nSPS) is 13.6. The Morgan fingerprint density at radius 3 is 2.17 bits per heavy atom. The van der Waals surface area contributed by atoms with E-state index in [1.54, 1.807) is 13.8 Å². The molecular weight excluding hydrogens is 400 g/mol. The predicted octanol–water partition coefficient (Wildman–Crippen LogP) is 1.18. The van der Waals surface area contributed by atoms with Crippen LogP contribution in [0.4, 0.5) is 5.69 Å². The topological polar surface area (TPSA) is 148 Å². The largest absolute Gasteiger partial charge is 0.354 e. The van der Waals surface area contributed by atoms with Gasteiger partial charge in [0.2, 0.25) is 21.8 Å². The van der Waals surface area contributed by atoms with Crippen LogP contribution in [0.3, 0.4) is 0 Å². The molecular formula is C18H28N4O6S. The number of benzene rings is 1. The number of carbonyl (C=O) groups is 2. The maximum Gasteiger partial charge on any atom is 0.269 e. The lowest BCUT2D eigenvalue weighted by Crippen LogP contribution is -2.51. The molecule has 11 heteroatoms. The molecule has 162 valence electrons. The third kappa shape index (κ3) is 7.78. The highest BCUT2D eigenvalue weighted by molar-refractivity contribution is 7.89. The van der Waals surface area contributed by atoms with Crippen LogP contribution in [0.15, 0.2) is 29.2 Å². The van der Waals surface area contributed by atoms with Crippen LogP contribution in [0, 0.1) is 22.0 Å². The minimum Gasteiger partial charge on any atom is -0.354 e. The third-order valence-corrected chi connectivity index (χ3v) is 5.72. The van der Waals surface area contributed by atoms with Crippen molar-refractivity contribution >= 4 is 27.5 Å². The van der Waals surface area contributed by atoms with E-state index in [9.17, 15) is 28.1 Å². The maximum atomic E-state index is 12.6. The number of nitrogens with zero attached hydrogens (tertiary/aromatic N) is 1. The van der Waals surface area contributed by atoms with Crippen molar-refractivity contribution in [2.75, 3.05) is 13.1 Å². The molecule has 1 rings (SSSR count). The van der Waals surface area contributed by atoms with Crippen molar-refractivity contribution in [3.05, 3.63) is 34.4 Å². The Hall–Kier alpha value is -2.53. The van der Waals surface area contributed by atoms with Crippen molar-refractivity contribution in [1.29, 1.82) is 0 Å². The molecule has 0 saturated heterocycles. The number of amides is 2. The molecule has 1 aromatic carbocycles. The van der Waals surface area contributed by atoms with Crippen LogP contribution in [0.25, 0.3) is 0 Å². The summed E-state index contributed by atoms with van der Waals surface area (Å²) in [7, 11) is -4.10. The highest BCUT2D eigenvalue weighted by Gasteiger charge is 2.30. The molecule has 2 amide bonds. The number of sulfonamides is 1. The van der Waals surface area contributed by atoms with Crippen LogP contribution in [-0.2, 0) is 19.6 Å². The fourth-order valence-electron chi connectivity index (χ4n) is 2.30. The van der Waals surface area contributed by atoms with Gasteiger partial charge in [-0.3, -0.25) is 19.7 Å². The van der Waals surface area contributed by atoms with Gasteiger partial charge in [0.15, 0.2) is 0 Å². The van der Waals surface area contributed by atoms with Crippen LogP contribution in [0.5, 0.6) is 0 Å². The SMILES string of the molecule is CCC(C)C(NS(=O)(=O)c1ccc([N+](=O)[O-])cc1)C(=O)NCC(=O)NCC(C)C. The van der Waals surface area contributed by atoms with Gasteiger partial charge in [0.05, 0.1) is 16.4 Å². The molecule has 0 aliphatic rings. The Bertz CT molecular complexity index is 823. The summed E-state index contributed by atoms with van der Waals surface area (Å²) in [6.07, 6.45) is 0.514. The van der Waals surface area contributed by atoms with Gasteiger partial charge in [0.25, 0.3) is 5.69 Å². The van der Waals surface area contributed by atoms with Crippen molar-refractivity contribution < 1.29 is 22.9 Å². The summed E-state index contributed by atoms with van der Waals surface area (Å²) < 4.78 is 27.6. The van der Waals surface area contributed by atoms with E-state index in [0.717, 1.165) is 24.3 Å². The first-order valence-corrected chi connectivity index (χ1v) is 10.8. The molecule has 0 heterocycles. The van der Waals surface area contributed by atoms with Gasteiger partial charge >= 0.3 is 0 Å². The van der Waals surface area contributed by atoms with Gasteiger partial charge in [-0.25, -0.2) is 8.42 Å². The average molecular weight is 429 g/mol. The van der Waals surface area contributed by atoms with Gasteiger partial charge in [-0.15, -0.1) is 0 Å². The molecule has 29 heavy (non-hydrogen) atoms. The van der Waals surface area contributed by atoms with Crippen LogP contribution in [0.1, 0.15) is 34.1 Å². The van der Waals surface area contributed by atoms with Crippen molar-refractivity contribution in [3.63, 3.8) is 0 Å². The van der Waals surface area contributed by atoms with Crippen molar-refractivity contribution in [3.8, 4) is 0 Å². The van der Waals surface area contributed by atoms with E-state index in [1.807, 2.05) is 13.8 Å². The highest BCUT2D eigenvalue weighted by Crippen LogP contribution is 2.18. The quantitative estimate of drug-likeness (QED) is 0.356. The van der Waals surface area contributed by atoms with Crippen LogP contribution in [-0.4, -0.2) is 44.3 Å². The number of nitrogens with one attached hydrogen (secondary N) is 3. The number of non-ortho nitro benzene ring substituents is 1. The summed E-state index contributed by atoms with van der Waals surface area (Å²) in [6, 6.07) is 3.26. The molecule has 3 N–H and O–H groups in total. The van der Waals surface area contributed by atoms with Crippen molar-refractivity contribution in [2.24, 2.45) is 11.8 Å². The summed E-state index contributed by atoms with van der Waals surface area (Å²) in [5.74, 6) is -1.07. The van der Waals surface area contributed by atoms with E-state index in [0.29, 0.717) is 13.0 Å². The lowest BCUT2D eigenvalue weighted by molar-refractivity contribution is -0.384. The van der Waals surface area contributed by atoms with E-state index >= 15 is 0 Å². The lowest BCUT2D eigenvalue weighted by Gasteiger charge is -2.23. The van der Waals surface area contributed by atoms with Gasteiger partial charge < -0.3 is 10.6 Å². The summed E-state index contributed by atoms with van der Waals surface area (Å²) in [5, 5.41) is 15.8. The molecule has 0 aliphatic heterocycles. The number of carbonyl (C=O) groups excluding carboxylic acids is 2. The Balaban J connectivity index is 2.87. The predicted molar refractivity (Wildman–Crippen MR) is 108 cm³/mol. The van der Waals surface area contributed by atoms with E-state index in [4.69, 9.17) is 0 Å². The zero-order valence-electron chi connectivity index (χ0n) is 17.0. The Labute approximate surface area is 170 Å². The second-order valence-corrected chi connectivity index (χ2v) is 8.87. The van der Waals surface area contributed by atoms with Crippen molar-refractivity contribution in [1.82, 2.24) is 15.4 Å². The molecule has 0 radical (unpaired) electrons. The molecule has 10 nitrogen and oxygen atoms in total. The van der Waals surface area contributed by atoms with E-state index in [-0.39, 0.29) is 34.9 Å². The second-order valence-electron chi connectivity index (χ2n) is 7.15. The minimum atomic E-state index is -4.10. The first-order chi connectivity index (χ1) is 13.5. The second kappa shape index (κ2) is 10.9. The minimum absolute atomic E-state index is 0.195. The Kier molecular flexibility index (Phi) is 9.18. The Morgan fingerprint density at radius 2 is 1.69 bits per heavy atom. The molecule has 2 atom stereocenters. The fourth-order valence-corrected chi connectivity index (χ4v) is 3.61. The summed E-state index contributed by atoms with van der Waals surface area (Å²) in [6.45, 7) is 7.59. The smallest absolute Gasteiger partial charge is 0.269 e. The molecule has 0 aromatic heterocycles. The number of nitro groups is 1. The first kappa shape index (κ1) is 24.5. The lowest BCUT2D eigenvalue weighted by atomic mass is 9.99. The number of rotatable bonds is 11. The molecule has 0 aliphatic carbocycles. The summed E-state index contributed by atoms with van der Waals surface area (Å²) in [4.78, 5) is 34.2. The standard InChI is InChI=1S/C18H28N4O6S/c1-5-13(4)17(18(24)20-11-16(23)19-10-12(2)3)21-29(27,28)15-8-6-14(7-9-15)22(25)26/h6-9,12-13,17,21H,5,10-11H2,1-4H3,(H,19,23)(H,20,24). The first-order valence-electron chi connectivity index (χ1n) is 9.29. The van der Waals surface area contributed by atoms with E-state index < -0.39 is 26.9 Å². The zero-order chi connectivity index (χ0) is 22.2. The van der Waals surface area contributed by atoms with Crippen LogP contribution >= 0.6 is 0 Å². The Morgan fingerprint density at radius 1 is 1.10 bits per heavy atom. The number of hydrogen-bond acceptors (Lipinski definition) is 6. The van der Waals surface area contributed by atoms with Gasteiger partial charge in [-0.05, 0) is 24.0 Å². The molecule has 0 saturated carbocycles.